The third-order valence-corrected chi connectivity index (χ3v) is 2.83. The van der Waals surface area contributed by atoms with Crippen molar-refractivity contribution in [3.63, 3.8) is 0 Å². The van der Waals surface area contributed by atoms with E-state index in [1.165, 1.54) is 17.0 Å². The summed E-state index contributed by atoms with van der Waals surface area (Å²) in [6, 6.07) is 4.41. The van der Waals surface area contributed by atoms with Crippen molar-refractivity contribution in [3.8, 4) is 0 Å². The van der Waals surface area contributed by atoms with Gasteiger partial charge in [-0.1, -0.05) is 6.07 Å². The van der Waals surface area contributed by atoms with Gasteiger partial charge in [-0.05, 0) is 24.6 Å². The molecule has 1 atom stereocenters. The molecule has 0 bridgehead atoms. The lowest BCUT2D eigenvalue weighted by molar-refractivity contribution is -0.117. The summed E-state index contributed by atoms with van der Waals surface area (Å²) in [4.78, 5) is 13.1. The number of carbonyl (C=O) groups is 1. The lowest BCUT2D eigenvalue weighted by Gasteiger charge is -2.19. The van der Waals surface area contributed by atoms with E-state index >= 15 is 0 Å². The van der Waals surface area contributed by atoms with Gasteiger partial charge in [-0.2, -0.15) is 0 Å². The molecule has 2 rings (SSSR count). The molecule has 1 fully saturated rings. The monoisotopic (exact) mass is 223 g/mol. The van der Waals surface area contributed by atoms with Crippen molar-refractivity contribution in [1.82, 2.24) is 0 Å². The van der Waals surface area contributed by atoms with Gasteiger partial charge >= 0.3 is 0 Å². The van der Waals surface area contributed by atoms with Crippen molar-refractivity contribution >= 4 is 17.3 Å². The number of para-hydroxylation sites is 1. The van der Waals surface area contributed by atoms with Gasteiger partial charge in [0.25, 0.3) is 0 Å². The predicted molar refractivity (Wildman–Crippen MR) is 60.3 cm³/mol. The summed E-state index contributed by atoms with van der Waals surface area (Å²) in [6.45, 7) is 0.872. The number of nitrogens with zero attached hydrogens (tertiary/aromatic N) is 1. The summed E-state index contributed by atoms with van der Waals surface area (Å²) in [6.07, 6.45) is 0.365. The first kappa shape index (κ1) is 10.9. The van der Waals surface area contributed by atoms with E-state index in [1.54, 1.807) is 6.07 Å². The van der Waals surface area contributed by atoms with E-state index in [1.807, 2.05) is 0 Å². The van der Waals surface area contributed by atoms with Gasteiger partial charge in [0.2, 0.25) is 5.91 Å². The first-order valence-electron chi connectivity index (χ1n) is 5.18. The predicted octanol–water partition coefficient (Wildman–Crippen LogP) is 0.719. The maximum atomic E-state index is 13.6. The molecule has 1 aromatic rings. The van der Waals surface area contributed by atoms with E-state index in [9.17, 15) is 9.18 Å². The Labute approximate surface area is 93.0 Å². The number of hydrogen-bond donors (Lipinski definition) is 2. The summed E-state index contributed by atoms with van der Waals surface area (Å²) in [5.41, 5.74) is 11.7. The van der Waals surface area contributed by atoms with Gasteiger partial charge in [0.05, 0.1) is 5.69 Å². The van der Waals surface area contributed by atoms with Crippen LogP contribution >= 0.6 is 0 Å². The van der Waals surface area contributed by atoms with Crippen molar-refractivity contribution in [2.24, 2.45) is 11.7 Å². The topological polar surface area (TPSA) is 72.4 Å². The van der Waals surface area contributed by atoms with Crippen LogP contribution in [0.3, 0.4) is 0 Å². The number of anilines is 2. The fraction of sp³-hybridized carbons (Fsp3) is 0.364. The van der Waals surface area contributed by atoms with Crippen molar-refractivity contribution in [2.75, 3.05) is 23.7 Å². The zero-order valence-electron chi connectivity index (χ0n) is 8.82. The number of nitrogen functional groups attached to an aromatic ring is 1. The molecule has 0 radical (unpaired) electrons. The van der Waals surface area contributed by atoms with E-state index in [0.29, 0.717) is 19.5 Å². The summed E-state index contributed by atoms with van der Waals surface area (Å²) < 4.78 is 13.6. The van der Waals surface area contributed by atoms with Gasteiger partial charge in [-0.25, -0.2) is 4.39 Å². The van der Waals surface area contributed by atoms with Crippen LogP contribution in [-0.4, -0.2) is 19.0 Å². The molecule has 1 saturated heterocycles. The normalized spacial score (nSPS) is 20.5. The van der Waals surface area contributed by atoms with Crippen LogP contribution in [0.25, 0.3) is 0 Å². The molecule has 1 unspecified atom stereocenters. The third-order valence-electron chi connectivity index (χ3n) is 2.83. The molecule has 0 saturated carbocycles. The van der Waals surface area contributed by atoms with E-state index < -0.39 is 5.82 Å². The standard InChI is InChI=1S/C11H14FN3O/c12-8-2-1-3-9(14)11(8)15-6-7(5-13)4-10(15)16/h1-3,7H,4-6,13-14H2. The number of rotatable bonds is 2. The molecule has 5 heteroatoms. The van der Waals surface area contributed by atoms with Crippen LogP contribution in [0.5, 0.6) is 0 Å². The number of benzene rings is 1. The Hall–Kier alpha value is -1.62. The molecule has 1 heterocycles. The number of nitrogens with two attached hydrogens (primary N) is 2. The van der Waals surface area contributed by atoms with E-state index in [4.69, 9.17) is 11.5 Å². The van der Waals surface area contributed by atoms with Gasteiger partial charge in [-0.15, -0.1) is 0 Å². The molecule has 4 nitrogen and oxygen atoms in total. The molecule has 16 heavy (non-hydrogen) atoms. The van der Waals surface area contributed by atoms with Gasteiger partial charge in [0.15, 0.2) is 0 Å². The van der Waals surface area contributed by atoms with Crippen LogP contribution in [0, 0.1) is 11.7 Å². The lowest BCUT2D eigenvalue weighted by atomic mass is 10.1. The van der Waals surface area contributed by atoms with Crippen LogP contribution in [0.1, 0.15) is 6.42 Å². The molecule has 0 spiro atoms. The summed E-state index contributed by atoms with van der Waals surface area (Å²) in [5.74, 6) is -0.496. The molecule has 1 aliphatic rings. The van der Waals surface area contributed by atoms with Crippen molar-refractivity contribution in [1.29, 1.82) is 0 Å². The highest BCUT2D eigenvalue weighted by Crippen LogP contribution is 2.31. The lowest BCUT2D eigenvalue weighted by Crippen LogP contribution is -2.27. The molecule has 86 valence electrons. The fourth-order valence-electron chi connectivity index (χ4n) is 1.97. The summed E-state index contributed by atoms with van der Waals surface area (Å²) in [7, 11) is 0. The molecule has 4 N–H and O–H groups in total. The van der Waals surface area contributed by atoms with E-state index in [0.717, 1.165) is 0 Å². The van der Waals surface area contributed by atoms with E-state index in [2.05, 4.69) is 0 Å². The summed E-state index contributed by atoms with van der Waals surface area (Å²) >= 11 is 0. The number of amides is 1. The Morgan fingerprint density at radius 3 is 2.81 bits per heavy atom. The number of halogens is 1. The zero-order valence-corrected chi connectivity index (χ0v) is 8.82. The minimum Gasteiger partial charge on any atom is -0.397 e. The van der Waals surface area contributed by atoms with Crippen molar-refractivity contribution in [2.45, 2.75) is 6.42 Å². The minimum atomic E-state index is -0.467. The molecule has 1 amide bonds. The van der Waals surface area contributed by atoms with Crippen LogP contribution in [0.4, 0.5) is 15.8 Å². The first-order valence-corrected chi connectivity index (χ1v) is 5.18. The second-order valence-corrected chi connectivity index (χ2v) is 3.99. The number of carbonyl (C=O) groups excluding carboxylic acids is 1. The Bertz CT molecular complexity index is 401. The second-order valence-electron chi connectivity index (χ2n) is 3.99. The van der Waals surface area contributed by atoms with Crippen LogP contribution in [0.2, 0.25) is 0 Å². The van der Waals surface area contributed by atoms with Gasteiger partial charge in [0.1, 0.15) is 11.5 Å². The number of hydrogen-bond acceptors (Lipinski definition) is 3. The zero-order chi connectivity index (χ0) is 11.7. The largest absolute Gasteiger partial charge is 0.397 e. The van der Waals surface area contributed by atoms with Crippen LogP contribution < -0.4 is 16.4 Å². The molecule has 0 aliphatic carbocycles. The van der Waals surface area contributed by atoms with Crippen molar-refractivity contribution < 1.29 is 9.18 Å². The Balaban J connectivity index is 2.35. The fourth-order valence-corrected chi connectivity index (χ4v) is 1.97. The summed E-state index contributed by atoms with van der Waals surface area (Å²) in [5, 5.41) is 0. The molecule has 1 aromatic carbocycles. The highest BCUT2D eigenvalue weighted by atomic mass is 19.1. The van der Waals surface area contributed by atoms with Crippen molar-refractivity contribution in [3.05, 3.63) is 24.0 Å². The molecular weight excluding hydrogens is 209 g/mol. The maximum Gasteiger partial charge on any atom is 0.227 e. The quantitative estimate of drug-likeness (QED) is 0.725. The van der Waals surface area contributed by atoms with Gasteiger partial charge in [-0.3, -0.25) is 4.79 Å². The highest BCUT2D eigenvalue weighted by molar-refractivity contribution is 5.98. The molecular formula is C11H14FN3O. The average molecular weight is 223 g/mol. The Morgan fingerprint density at radius 1 is 1.50 bits per heavy atom. The minimum absolute atomic E-state index is 0.0894. The third kappa shape index (κ3) is 1.74. The highest BCUT2D eigenvalue weighted by Gasteiger charge is 2.32. The second kappa shape index (κ2) is 4.09. The molecule has 1 aliphatic heterocycles. The average Bonchev–Trinajstić information content (AvgIpc) is 2.60. The Kier molecular flexibility index (Phi) is 2.78. The smallest absolute Gasteiger partial charge is 0.227 e. The first-order chi connectivity index (χ1) is 7.63. The van der Waals surface area contributed by atoms with Crippen LogP contribution in [-0.2, 0) is 4.79 Å². The Morgan fingerprint density at radius 2 is 2.25 bits per heavy atom. The van der Waals surface area contributed by atoms with Crippen LogP contribution in [0.15, 0.2) is 18.2 Å². The molecule has 0 aromatic heterocycles. The maximum absolute atomic E-state index is 13.6. The SMILES string of the molecule is NCC1CC(=O)N(c2c(N)cccc2F)C1. The van der Waals surface area contributed by atoms with E-state index in [-0.39, 0.29) is 23.2 Å². The van der Waals surface area contributed by atoms with Gasteiger partial charge < -0.3 is 16.4 Å². The van der Waals surface area contributed by atoms with Gasteiger partial charge in [0, 0.05) is 13.0 Å².